The number of pyridine rings is 2. The Morgan fingerprint density at radius 3 is 2.61 bits per heavy atom. The lowest BCUT2D eigenvalue weighted by molar-refractivity contribution is -0.126. The minimum atomic E-state index is 0.108. The number of aryl methyl sites for hydroxylation is 2. The summed E-state index contributed by atoms with van der Waals surface area (Å²) in [4.78, 5) is 23.9. The van der Waals surface area contributed by atoms with Crippen LogP contribution >= 0.6 is 0 Å². The molecule has 6 nitrogen and oxygen atoms in total. The fourth-order valence-electron chi connectivity index (χ4n) is 4.24. The maximum atomic E-state index is 12.6. The number of hydrogen-bond acceptors (Lipinski definition) is 5. The van der Waals surface area contributed by atoms with Crippen molar-refractivity contribution in [2.24, 2.45) is 5.92 Å². The first-order chi connectivity index (χ1) is 15.1. The number of carbonyl (C=O) groups is 1. The zero-order chi connectivity index (χ0) is 21.6. The van der Waals surface area contributed by atoms with Crippen LogP contribution in [0, 0.1) is 19.8 Å². The van der Waals surface area contributed by atoms with Gasteiger partial charge in [0, 0.05) is 43.3 Å². The zero-order valence-electron chi connectivity index (χ0n) is 18.4. The number of nitrogens with zero attached hydrogens (tertiary/aromatic N) is 3. The highest BCUT2D eigenvalue weighted by Crippen LogP contribution is 2.22. The summed E-state index contributed by atoms with van der Waals surface area (Å²) in [6.45, 7) is 8.25. The minimum Gasteiger partial charge on any atom is -0.368 e. The Kier molecular flexibility index (Phi) is 6.77. The lowest BCUT2D eigenvalue weighted by atomic mass is 9.95. The van der Waals surface area contributed by atoms with E-state index in [9.17, 15) is 4.79 Å². The van der Waals surface area contributed by atoms with Crippen molar-refractivity contribution >= 4 is 22.6 Å². The lowest BCUT2D eigenvalue weighted by Crippen LogP contribution is -2.41. The van der Waals surface area contributed by atoms with E-state index >= 15 is 0 Å². The Hall–Kier alpha value is -2.99. The fraction of sp³-hybridized carbons (Fsp3) is 0.400. The number of anilines is 1. The summed E-state index contributed by atoms with van der Waals surface area (Å²) in [6, 6.07) is 12.5. The summed E-state index contributed by atoms with van der Waals surface area (Å²) in [5, 5.41) is 7.64. The van der Waals surface area contributed by atoms with Crippen molar-refractivity contribution in [1.82, 2.24) is 20.2 Å². The van der Waals surface area contributed by atoms with Gasteiger partial charge in [0.05, 0.1) is 5.52 Å². The molecule has 1 aliphatic heterocycles. The number of para-hydroxylation sites is 1. The molecular weight excluding hydrogens is 386 g/mol. The SMILES string of the molecule is Cc1cc2cccc(C)c2nc1NCCNC(=O)C1CCN(Cc2ccncc2)CC1. The van der Waals surface area contributed by atoms with Gasteiger partial charge >= 0.3 is 0 Å². The quantitative estimate of drug-likeness (QED) is 0.574. The number of likely N-dealkylation sites (tertiary alicyclic amines) is 1. The van der Waals surface area contributed by atoms with Gasteiger partial charge in [0.2, 0.25) is 5.91 Å². The molecule has 0 unspecified atom stereocenters. The van der Waals surface area contributed by atoms with Crippen LogP contribution in [0.5, 0.6) is 0 Å². The normalized spacial score (nSPS) is 15.2. The molecule has 31 heavy (non-hydrogen) atoms. The molecule has 4 rings (SSSR count). The number of hydrogen-bond donors (Lipinski definition) is 2. The number of aromatic nitrogens is 2. The second-order valence-corrected chi connectivity index (χ2v) is 8.42. The van der Waals surface area contributed by atoms with Gasteiger partial charge in [0.15, 0.2) is 0 Å². The van der Waals surface area contributed by atoms with Gasteiger partial charge in [-0.1, -0.05) is 18.2 Å². The van der Waals surface area contributed by atoms with Crippen LogP contribution < -0.4 is 10.6 Å². The number of fused-ring (bicyclic) bond motifs is 1. The molecule has 0 atom stereocenters. The third kappa shape index (κ3) is 5.39. The molecule has 2 aromatic heterocycles. The Bertz CT molecular complexity index is 1030. The average Bonchev–Trinajstić information content (AvgIpc) is 2.78. The van der Waals surface area contributed by atoms with Crippen LogP contribution in [0.1, 0.15) is 29.5 Å². The van der Waals surface area contributed by atoms with Crippen molar-refractivity contribution in [3.63, 3.8) is 0 Å². The summed E-state index contributed by atoms with van der Waals surface area (Å²) >= 11 is 0. The van der Waals surface area contributed by atoms with E-state index < -0.39 is 0 Å². The molecule has 0 aliphatic carbocycles. The van der Waals surface area contributed by atoms with E-state index in [1.165, 1.54) is 11.1 Å². The van der Waals surface area contributed by atoms with Gasteiger partial charge in [-0.05, 0) is 74.7 Å². The summed E-state index contributed by atoms with van der Waals surface area (Å²) in [6.07, 6.45) is 5.49. The van der Waals surface area contributed by atoms with E-state index in [0.29, 0.717) is 13.1 Å². The summed E-state index contributed by atoms with van der Waals surface area (Å²) < 4.78 is 0. The largest absolute Gasteiger partial charge is 0.368 e. The Labute approximate surface area is 184 Å². The van der Waals surface area contributed by atoms with Crippen LogP contribution in [-0.2, 0) is 11.3 Å². The van der Waals surface area contributed by atoms with Gasteiger partial charge in [-0.25, -0.2) is 4.98 Å². The van der Waals surface area contributed by atoms with Crippen LogP contribution in [0.4, 0.5) is 5.82 Å². The molecule has 3 heterocycles. The van der Waals surface area contributed by atoms with Crippen LogP contribution in [-0.4, -0.2) is 47.0 Å². The molecule has 0 radical (unpaired) electrons. The maximum Gasteiger partial charge on any atom is 0.223 e. The number of benzene rings is 1. The molecule has 2 N–H and O–H groups in total. The highest BCUT2D eigenvalue weighted by Gasteiger charge is 2.24. The molecule has 1 fully saturated rings. The van der Waals surface area contributed by atoms with Crippen molar-refractivity contribution < 1.29 is 4.79 Å². The smallest absolute Gasteiger partial charge is 0.223 e. The first kappa shape index (κ1) is 21.2. The third-order valence-electron chi connectivity index (χ3n) is 6.07. The van der Waals surface area contributed by atoms with Crippen molar-refractivity contribution in [1.29, 1.82) is 0 Å². The van der Waals surface area contributed by atoms with Crippen LogP contribution in [0.15, 0.2) is 48.8 Å². The molecule has 3 aromatic rings. The Morgan fingerprint density at radius 1 is 1.06 bits per heavy atom. The molecule has 1 amide bonds. The first-order valence-electron chi connectivity index (χ1n) is 11.1. The lowest BCUT2D eigenvalue weighted by Gasteiger charge is -2.31. The van der Waals surface area contributed by atoms with Gasteiger partial charge in [0.1, 0.15) is 5.82 Å². The number of piperidine rings is 1. The molecule has 1 aromatic carbocycles. The van der Waals surface area contributed by atoms with E-state index in [1.54, 1.807) is 0 Å². The van der Waals surface area contributed by atoms with Gasteiger partial charge in [-0.2, -0.15) is 0 Å². The second kappa shape index (κ2) is 9.88. The molecular formula is C25H31N5O. The predicted molar refractivity (Wildman–Crippen MR) is 125 cm³/mol. The monoisotopic (exact) mass is 417 g/mol. The van der Waals surface area contributed by atoms with Crippen molar-refractivity contribution in [3.05, 3.63) is 65.5 Å². The summed E-state index contributed by atoms with van der Waals surface area (Å²) in [7, 11) is 0. The minimum absolute atomic E-state index is 0.108. The highest BCUT2D eigenvalue weighted by atomic mass is 16.1. The van der Waals surface area contributed by atoms with E-state index in [2.05, 4.69) is 70.8 Å². The standard InChI is InChI=1S/C25H31N5O/c1-18-4-3-5-22-16-19(2)24(29-23(18)22)27-12-13-28-25(31)21-8-14-30(15-9-21)17-20-6-10-26-11-7-20/h3-7,10-11,16,21H,8-9,12-15,17H2,1-2H3,(H,27,29)(H,28,31). The van der Waals surface area contributed by atoms with E-state index in [-0.39, 0.29) is 11.8 Å². The molecule has 1 aliphatic rings. The average molecular weight is 418 g/mol. The second-order valence-electron chi connectivity index (χ2n) is 8.42. The van der Waals surface area contributed by atoms with Gasteiger partial charge in [-0.15, -0.1) is 0 Å². The number of nitrogens with one attached hydrogen (secondary N) is 2. The first-order valence-corrected chi connectivity index (χ1v) is 11.1. The third-order valence-corrected chi connectivity index (χ3v) is 6.07. The van der Waals surface area contributed by atoms with E-state index in [4.69, 9.17) is 4.98 Å². The maximum absolute atomic E-state index is 12.6. The molecule has 1 saturated heterocycles. The van der Waals surface area contributed by atoms with E-state index in [0.717, 1.165) is 54.8 Å². The van der Waals surface area contributed by atoms with Gasteiger partial charge < -0.3 is 10.6 Å². The summed E-state index contributed by atoms with van der Waals surface area (Å²) in [5.74, 6) is 1.17. The number of amides is 1. The zero-order valence-corrected chi connectivity index (χ0v) is 18.4. The van der Waals surface area contributed by atoms with E-state index in [1.807, 2.05) is 12.4 Å². The molecule has 0 saturated carbocycles. The Balaban J connectivity index is 1.21. The highest BCUT2D eigenvalue weighted by molar-refractivity contribution is 5.84. The van der Waals surface area contributed by atoms with Crippen molar-refractivity contribution in [3.8, 4) is 0 Å². The van der Waals surface area contributed by atoms with Crippen LogP contribution in [0.3, 0.4) is 0 Å². The number of rotatable bonds is 7. The molecule has 0 bridgehead atoms. The topological polar surface area (TPSA) is 70.2 Å². The predicted octanol–water partition coefficient (Wildman–Crippen LogP) is 3.69. The molecule has 6 heteroatoms. The van der Waals surface area contributed by atoms with Crippen LogP contribution in [0.2, 0.25) is 0 Å². The number of carbonyl (C=O) groups excluding carboxylic acids is 1. The van der Waals surface area contributed by atoms with Gasteiger partial charge in [0.25, 0.3) is 0 Å². The van der Waals surface area contributed by atoms with Crippen molar-refractivity contribution in [2.75, 3.05) is 31.5 Å². The van der Waals surface area contributed by atoms with Crippen molar-refractivity contribution in [2.45, 2.75) is 33.2 Å². The Morgan fingerprint density at radius 2 is 1.84 bits per heavy atom. The molecule has 0 spiro atoms. The summed E-state index contributed by atoms with van der Waals surface area (Å²) in [5.41, 5.74) is 4.59. The van der Waals surface area contributed by atoms with Crippen LogP contribution in [0.25, 0.3) is 10.9 Å². The molecule has 162 valence electrons. The van der Waals surface area contributed by atoms with Gasteiger partial charge in [-0.3, -0.25) is 14.7 Å². The fourth-order valence-corrected chi connectivity index (χ4v) is 4.24.